The van der Waals surface area contributed by atoms with E-state index in [1.54, 1.807) is 45.3 Å². The molecule has 0 amide bonds. The van der Waals surface area contributed by atoms with Gasteiger partial charge >= 0.3 is 0 Å². The van der Waals surface area contributed by atoms with E-state index >= 15 is 0 Å². The zero-order chi connectivity index (χ0) is 52.8. The molecule has 0 aliphatic heterocycles. The SMILES string of the molecule is Cc1cc(C)[nH]n1.Cc1cc(C)on1.Cc1cc(C)on1.Cc1cnc(C)[nH]1.Cc1cnc(C)[nH]1.Cc1cnc(C)s1.Cc1cnc(C)s1.Cc1csc(C)n1.Cc1n[nH]c(C)n1.Cc1nnc(C)s1. The summed E-state index contributed by atoms with van der Waals surface area (Å²) >= 11 is 6.78. The number of aryl methyl sites for hydroxylation is 20. The summed E-state index contributed by atoms with van der Waals surface area (Å²) in [5.41, 5.74) is 7.43. The van der Waals surface area contributed by atoms with Crippen molar-refractivity contribution in [1.29, 1.82) is 0 Å². The van der Waals surface area contributed by atoms with Crippen molar-refractivity contribution in [2.45, 2.75) is 138 Å². The molecule has 10 aromatic heterocycles. The van der Waals surface area contributed by atoms with E-state index in [0.29, 0.717) is 0 Å². The van der Waals surface area contributed by atoms with Crippen LogP contribution in [0.5, 0.6) is 0 Å². The minimum atomic E-state index is 0.803. The molecule has 0 fully saturated rings. The molecule has 0 spiro atoms. The third kappa shape index (κ3) is 32.4. The van der Waals surface area contributed by atoms with Gasteiger partial charge in [0.05, 0.1) is 32.1 Å². The molecule has 0 aromatic carbocycles. The molecule has 10 rings (SSSR count). The maximum atomic E-state index is 4.71. The van der Waals surface area contributed by atoms with Crippen LogP contribution < -0.4 is 0 Å². The highest BCUT2D eigenvalue weighted by Gasteiger charge is 1.92. The number of H-pyrrole nitrogens is 4. The molecule has 18 nitrogen and oxygen atoms in total. The molecule has 10 aromatic rings. The zero-order valence-corrected chi connectivity index (χ0v) is 47.7. The van der Waals surface area contributed by atoms with Crippen LogP contribution in [0.25, 0.3) is 0 Å². The molecule has 380 valence electrons. The van der Waals surface area contributed by atoms with Crippen LogP contribution in [0.15, 0.2) is 57.4 Å². The molecular formula is C48H72N16O2S4. The number of hydrogen-bond acceptors (Lipinski definition) is 18. The van der Waals surface area contributed by atoms with Gasteiger partial charge in [0.15, 0.2) is 0 Å². The van der Waals surface area contributed by atoms with E-state index in [1.807, 2.05) is 168 Å². The highest BCUT2D eigenvalue weighted by molar-refractivity contribution is 7.11. The van der Waals surface area contributed by atoms with Gasteiger partial charge in [-0.2, -0.15) is 10.2 Å². The van der Waals surface area contributed by atoms with Crippen LogP contribution >= 0.6 is 45.3 Å². The van der Waals surface area contributed by atoms with Crippen molar-refractivity contribution in [1.82, 2.24) is 80.8 Å². The minimum Gasteiger partial charge on any atom is -0.361 e. The summed E-state index contributed by atoms with van der Waals surface area (Å²) in [6.45, 7) is 39.1. The summed E-state index contributed by atoms with van der Waals surface area (Å²) < 4.78 is 9.43. The lowest BCUT2D eigenvalue weighted by Gasteiger charge is -1.74. The number of nitrogens with one attached hydrogen (secondary N) is 4. The zero-order valence-electron chi connectivity index (χ0n) is 44.4. The Labute approximate surface area is 429 Å². The third-order valence-electron chi connectivity index (χ3n) is 7.53. The molecule has 4 N–H and O–H groups in total. The molecule has 22 heteroatoms. The first-order valence-electron chi connectivity index (χ1n) is 21.9. The second-order valence-corrected chi connectivity index (χ2v) is 20.8. The van der Waals surface area contributed by atoms with Crippen LogP contribution in [0.3, 0.4) is 0 Å². The normalized spacial score (nSPS) is 9.43. The Kier molecular flexibility index (Phi) is 30.0. The number of hydrogen-bond donors (Lipinski definition) is 4. The maximum Gasteiger partial charge on any atom is 0.147 e. The Balaban J connectivity index is 0.000000389. The lowest BCUT2D eigenvalue weighted by molar-refractivity contribution is 0.393. The van der Waals surface area contributed by atoms with Crippen LogP contribution in [0.4, 0.5) is 0 Å². The molecule has 0 radical (unpaired) electrons. The number of thiazole rings is 3. The summed E-state index contributed by atoms with van der Waals surface area (Å²) in [5.74, 6) is 5.39. The van der Waals surface area contributed by atoms with Crippen molar-refractivity contribution >= 4 is 45.3 Å². The summed E-state index contributed by atoms with van der Waals surface area (Å²) in [5, 5.41) is 35.6. The molecule has 0 aliphatic rings. The van der Waals surface area contributed by atoms with Crippen molar-refractivity contribution in [3.05, 3.63) is 158 Å². The van der Waals surface area contributed by atoms with Gasteiger partial charge in [0, 0.05) is 74.8 Å². The second-order valence-electron chi connectivity index (χ2n) is 15.4. The molecule has 0 saturated heterocycles. The highest BCUT2D eigenvalue weighted by atomic mass is 32.1. The maximum absolute atomic E-state index is 4.71. The van der Waals surface area contributed by atoms with E-state index in [-0.39, 0.29) is 0 Å². The number of nitrogens with zero attached hydrogens (tertiary/aromatic N) is 12. The molecule has 70 heavy (non-hydrogen) atoms. The van der Waals surface area contributed by atoms with Crippen LogP contribution in [-0.4, -0.2) is 80.8 Å². The minimum absolute atomic E-state index is 0.803. The Morgan fingerprint density at radius 2 is 0.871 bits per heavy atom. The predicted molar refractivity (Wildman–Crippen MR) is 286 cm³/mol. The topological polar surface area (TPSA) is 244 Å². The fourth-order valence-corrected chi connectivity index (χ4v) is 7.41. The quantitative estimate of drug-likeness (QED) is 0.110. The first kappa shape index (κ1) is 61.7. The van der Waals surface area contributed by atoms with Crippen molar-refractivity contribution in [3.63, 3.8) is 0 Å². The van der Waals surface area contributed by atoms with Crippen molar-refractivity contribution in [3.8, 4) is 0 Å². The largest absolute Gasteiger partial charge is 0.361 e. The van der Waals surface area contributed by atoms with Gasteiger partial charge in [-0.05, 0) is 145 Å². The molecule has 0 aliphatic carbocycles. The van der Waals surface area contributed by atoms with Crippen molar-refractivity contribution < 1.29 is 9.05 Å². The van der Waals surface area contributed by atoms with Crippen LogP contribution in [0.1, 0.15) is 109 Å². The second kappa shape index (κ2) is 34.0. The first-order valence-corrected chi connectivity index (χ1v) is 25.3. The average Bonchev–Trinajstić information content (AvgIpc) is 4.14. The highest BCUT2D eigenvalue weighted by Crippen LogP contribution is 2.09. The Bertz CT molecular complexity index is 2050. The molecule has 10 heterocycles. The van der Waals surface area contributed by atoms with Gasteiger partial charge in [-0.1, -0.05) is 10.3 Å². The van der Waals surface area contributed by atoms with E-state index in [0.717, 1.165) is 99.7 Å². The molecule has 0 bridgehead atoms. The van der Waals surface area contributed by atoms with Gasteiger partial charge in [-0.3, -0.25) is 10.2 Å². The van der Waals surface area contributed by atoms with Crippen molar-refractivity contribution in [2.24, 2.45) is 0 Å². The summed E-state index contributed by atoms with van der Waals surface area (Å²) in [4.78, 5) is 32.7. The van der Waals surface area contributed by atoms with Crippen LogP contribution in [-0.2, 0) is 0 Å². The van der Waals surface area contributed by atoms with Gasteiger partial charge in [0.2, 0.25) is 0 Å². The van der Waals surface area contributed by atoms with Gasteiger partial charge in [-0.15, -0.1) is 55.5 Å². The number of aromatic nitrogens is 16. The molecule has 0 saturated carbocycles. The molecular weight excluding hydrogens is 961 g/mol. The summed E-state index contributed by atoms with van der Waals surface area (Å²) in [6.07, 6.45) is 7.41. The predicted octanol–water partition coefficient (Wildman–Crippen LogP) is 12.5. The molecule has 0 unspecified atom stereocenters. The van der Waals surface area contributed by atoms with Gasteiger partial charge < -0.3 is 19.0 Å². The standard InChI is InChI=1S/3C5H8N2.2C5H7NO.3C5H7NS.C4H7N3.C4H6N2S/c2*1-4-3-6-5(2)7-4;3*1-4-3-5(2)7-6-4;1-4-3-7-5(2)6-4;2*1-4-3-6-5(2)7-4;1-3-5-4(2)7-6-3;1-3-5-6-4(2)7-3/h3*3H,1-2H3,(H,6,7);5*3H,1-2H3;1-2H3,(H,5,6,7);1-2H3. The Morgan fingerprint density at radius 1 is 0.400 bits per heavy atom. The Morgan fingerprint density at radius 3 is 0.971 bits per heavy atom. The van der Waals surface area contributed by atoms with E-state index < -0.39 is 0 Å². The third-order valence-corrected chi connectivity index (χ3v) is 10.8. The number of rotatable bonds is 0. The van der Waals surface area contributed by atoms with E-state index in [9.17, 15) is 0 Å². The summed E-state index contributed by atoms with van der Waals surface area (Å²) in [6, 6.07) is 5.78. The average molecular weight is 1030 g/mol. The molecule has 0 atom stereocenters. The van der Waals surface area contributed by atoms with Crippen molar-refractivity contribution in [2.75, 3.05) is 0 Å². The lowest BCUT2D eigenvalue weighted by Crippen LogP contribution is -1.70. The Hall–Kier alpha value is -6.36. The van der Waals surface area contributed by atoms with Gasteiger partial charge in [-0.25, -0.2) is 29.9 Å². The number of aromatic amines is 4. The monoisotopic (exact) mass is 1030 g/mol. The van der Waals surface area contributed by atoms with E-state index in [1.165, 1.54) is 9.75 Å². The lowest BCUT2D eigenvalue weighted by atomic mass is 10.4. The fraction of sp³-hybridized carbons (Fsp3) is 0.417. The summed E-state index contributed by atoms with van der Waals surface area (Å²) in [7, 11) is 0. The van der Waals surface area contributed by atoms with E-state index in [4.69, 9.17) is 9.05 Å². The van der Waals surface area contributed by atoms with Crippen LogP contribution in [0, 0.1) is 138 Å². The smallest absolute Gasteiger partial charge is 0.147 e. The van der Waals surface area contributed by atoms with E-state index in [2.05, 4.69) is 100 Å². The fourth-order valence-electron chi connectivity index (χ4n) is 4.88. The van der Waals surface area contributed by atoms with Crippen LogP contribution in [0.2, 0.25) is 0 Å². The van der Waals surface area contributed by atoms with Gasteiger partial charge in [0.1, 0.15) is 44.8 Å². The van der Waals surface area contributed by atoms with Gasteiger partial charge in [0.25, 0.3) is 0 Å². The first-order chi connectivity index (χ1) is 32.9. The number of imidazole rings is 2.